The number of hydrogen-bond acceptors (Lipinski definition) is 6. The molecule has 0 atom stereocenters. The molecule has 1 aliphatic heterocycles. The van der Waals surface area contributed by atoms with Gasteiger partial charge in [0.2, 0.25) is 5.95 Å². The predicted molar refractivity (Wildman–Crippen MR) is 90.1 cm³/mol. The highest BCUT2D eigenvalue weighted by Gasteiger charge is 2.19. The first-order valence-corrected chi connectivity index (χ1v) is 7.78. The highest BCUT2D eigenvalue weighted by atomic mass is 35.5. The molecule has 2 heterocycles. The Morgan fingerprint density at radius 3 is 2.43 bits per heavy atom. The van der Waals surface area contributed by atoms with Crippen LogP contribution >= 0.6 is 11.6 Å². The third-order valence-electron chi connectivity index (χ3n) is 3.88. The Labute approximate surface area is 140 Å². The highest BCUT2D eigenvalue weighted by molar-refractivity contribution is 6.29. The Bertz CT molecular complexity index is 696. The van der Waals surface area contributed by atoms with E-state index in [1.807, 2.05) is 24.3 Å². The second kappa shape index (κ2) is 6.82. The Morgan fingerprint density at radius 2 is 1.83 bits per heavy atom. The zero-order valence-corrected chi connectivity index (χ0v) is 13.4. The number of rotatable bonds is 3. The molecular weight excluding hydrogens is 312 g/mol. The number of benzene rings is 1. The van der Waals surface area contributed by atoms with Crippen LogP contribution in [0.15, 0.2) is 30.3 Å². The van der Waals surface area contributed by atoms with E-state index in [9.17, 15) is 0 Å². The molecule has 0 bridgehead atoms. The summed E-state index contributed by atoms with van der Waals surface area (Å²) in [5.41, 5.74) is 7.56. The van der Waals surface area contributed by atoms with Crippen LogP contribution in [0, 0.1) is 11.3 Å². The third-order valence-corrected chi connectivity index (χ3v) is 4.08. The Morgan fingerprint density at radius 1 is 1.13 bits per heavy atom. The highest BCUT2D eigenvalue weighted by Crippen LogP contribution is 2.19. The summed E-state index contributed by atoms with van der Waals surface area (Å²) in [4.78, 5) is 12.7. The van der Waals surface area contributed by atoms with E-state index in [0.29, 0.717) is 10.7 Å². The van der Waals surface area contributed by atoms with Gasteiger partial charge in [0.15, 0.2) is 0 Å². The van der Waals surface area contributed by atoms with Gasteiger partial charge in [0.25, 0.3) is 0 Å². The molecule has 118 valence electrons. The zero-order chi connectivity index (χ0) is 16.2. The van der Waals surface area contributed by atoms with Crippen molar-refractivity contribution in [2.45, 2.75) is 6.54 Å². The lowest BCUT2D eigenvalue weighted by molar-refractivity contribution is 0.249. The molecule has 0 spiro atoms. The van der Waals surface area contributed by atoms with Gasteiger partial charge in [0.05, 0.1) is 11.6 Å². The third kappa shape index (κ3) is 3.89. The molecule has 23 heavy (non-hydrogen) atoms. The fraction of sp³-hybridized carbons (Fsp3) is 0.312. The summed E-state index contributed by atoms with van der Waals surface area (Å²) < 4.78 is 0. The quantitative estimate of drug-likeness (QED) is 0.867. The molecule has 0 amide bonds. The maximum Gasteiger partial charge on any atom is 0.223 e. The van der Waals surface area contributed by atoms with Crippen LogP contribution in [0.4, 0.5) is 11.8 Å². The Hall–Kier alpha value is -2.36. The van der Waals surface area contributed by atoms with Gasteiger partial charge in [-0.05, 0) is 17.7 Å². The Balaban J connectivity index is 1.58. The Kier molecular flexibility index (Phi) is 4.60. The van der Waals surface area contributed by atoms with Crippen molar-refractivity contribution in [3.8, 4) is 6.07 Å². The number of aromatic nitrogens is 2. The van der Waals surface area contributed by atoms with Crippen LogP contribution in [0.25, 0.3) is 0 Å². The van der Waals surface area contributed by atoms with E-state index in [2.05, 4.69) is 25.8 Å². The molecule has 0 aliphatic carbocycles. The summed E-state index contributed by atoms with van der Waals surface area (Å²) in [5.74, 6) is 0.980. The van der Waals surface area contributed by atoms with E-state index in [1.54, 1.807) is 6.07 Å². The summed E-state index contributed by atoms with van der Waals surface area (Å²) in [6.45, 7) is 4.47. The molecule has 1 aromatic heterocycles. The molecule has 6 nitrogen and oxygen atoms in total. The van der Waals surface area contributed by atoms with Crippen LogP contribution in [0.2, 0.25) is 5.15 Å². The molecule has 1 aromatic carbocycles. The largest absolute Gasteiger partial charge is 0.368 e. The van der Waals surface area contributed by atoms with E-state index in [1.165, 1.54) is 5.56 Å². The fourth-order valence-corrected chi connectivity index (χ4v) is 2.85. The minimum Gasteiger partial charge on any atom is -0.368 e. The fourth-order valence-electron chi connectivity index (χ4n) is 2.66. The SMILES string of the molecule is N#Cc1ccc(CN2CCN(c3cc(Cl)nc(N)n3)CC2)cc1. The first-order valence-electron chi connectivity index (χ1n) is 7.40. The topological polar surface area (TPSA) is 82.1 Å². The summed E-state index contributed by atoms with van der Waals surface area (Å²) in [7, 11) is 0. The maximum absolute atomic E-state index is 8.83. The van der Waals surface area contributed by atoms with E-state index >= 15 is 0 Å². The summed E-state index contributed by atoms with van der Waals surface area (Å²) in [6, 6.07) is 11.6. The predicted octanol–water partition coefficient (Wildman–Crippen LogP) is 1.91. The molecule has 1 saturated heterocycles. The lowest BCUT2D eigenvalue weighted by Crippen LogP contribution is -2.46. The van der Waals surface area contributed by atoms with Gasteiger partial charge >= 0.3 is 0 Å². The molecular formula is C16H17ClN6. The minimum absolute atomic E-state index is 0.201. The number of nitrogen functional groups attached to an aromatic ring is 1. The number of nitrogens with two attached hydrogens (primary N) is 1. The van der Waals surface area contributed by atoms with Gasteiger partial charge in [-0.1, -0.05) is 23.7 Å². The van der Waals surface area contributed by atoms with Crippen molar-refractivity contribution in [1.29, 1.82) is 5.26 Å². The molecule has 1 fully saturated rings. The van der Waals surface area contributed by atoms with Crippen LogP contribution in [0.1, 0.15) is 11.1 Å². The normalized spacial score (nSPS) is 15.4. The number of anilines is 2. The second-order valence-electron chi connectivity index (χ2n) is 5.48. The van der Waals surface area contributed by atoms with Crippen molar-refractivity contribution in [3.63, 3.8) is 0 Å². The van der Waals surface area contributed by atoms with Crippen molar-refractivity contribution < 1.29 is 0 Å². The lowest BCUT2D eigenvalue weighted by atomic mass is 10.1. The molecule has 0 saturated carbocycles. The van der Waals surface area contributed by atoms with Crippen molar-refractivity contribution >= 4 is 23.4 Å². The minimum atomic E-state index is 0.201. The molecule has 2 aromatic rings. The van der Waals surface area contributed by atoms with Gasteiger partial charge in [0.1, 0.15) is 11.0 Å². The molecule has 7 heteroatoms. The van der Waals surface area contributed by atoms with Crippen molar-refractivity contribution in [2.75, 3.05) is 36.8 Å². The van der Waals surface area contributed by atoms with E-state index < -0.39 is 0 Å². The van der Waals surface area contributed by atoms with Gasteiger partial charge in [-0.2, -0.15) is 10.2 Å². The lowest BCUT2D eigenvalue weighted by Gasteiger charge is -2.35. The van der Waals surface area contributed by atoms with Crippen molar-refractivity contribution in [3.05, 3.63) is 46.6 Å². The number of nitriles is 1. The first-order chi connectivity index (χ1) is 11.1. The van der Waals surface area contributed by atoms with Crippen LogP contribution in [0.5, 0.6) is 0 Å². The van der Waals surface area contributed by atoms with Gasteiger partial charge in [-0.3, -0.25) is 4.90 Å². The number of halogens is 1. The van der Waals surface area contributed by atoms with Gasteiger partial charge in [-0.15, -0.1) is 0 Å². The molecule has 1 aliphatic rings. The molecule has 0 unspecified atom stereocenters. The maximum atomic E-state index is 8.83. The summed E-state index contributed by atoms with van der Waals surface area (Å²) >= 11 is 5.94. The van der Waals surface area contributed by atoms with Crippen LogP contribution in [0.3, 0.4) is 0 Å². The average molecular weight is 329 g/mol. The number of nitrogens with zero attached hydrogens (tertiary/aromatic N) is 5. The van der Waals surface area contributed by atoms with E-state index in [-0.39, 0.29) is 5.95 Å². The van der Waals surface area contributed by atoms with Gasteiger partial charge < -0.3 is 10.6 Å². The van der Waals surface area contributed by atoms with Crippen LogP contribution in [-0.4, -0.2) is 41.0 Å². The van der Waals surface area contributed by atoms with Gasteiger partial charge in [0, 0.05) is 38.8 Å². The number of piperazine rings is 1. The molecule has 2 N–H and O–H groups in total. The van der Waals surface area contributed by atoms with Crippen LogP contribution < -0.4 is 10.6 Å². The summed E-state index contributed by atoms with van der Waals surface area (Å²) in [6.07, 6.45) is 0. The smallest absolute Gasteiger partial charge is 0.223 e. The standard InChI is InChI=1S/C16H17ClN6/c17-14-9-15(21-16(19)20-14)23-7-5-22(6-8-23)11-13-3-1-12(10-18)2-4-13/h1-4,9H,5-8,11H2,(H2,19,20,21). The van der Waals surface area contributed by atoms with Crippen LogP contribution in [-0.2, 0) is 6.54 Å². The second-order valence-corrected chi connectivity index (χ2v) is 5.87. The summed E-state index contributed by atoms with van der Waals surface area (Å²) in [5, 5.41) is 9.20. The van der Waals surface area contributed by atoms with E-state index in [0.717, 1.165) is 38.5 Å². The van der Waals surface area contributed by atoms with Crippen molar-refractivity contribution in [2.24, 2.45) is 0 Å². The van der Waals surface area contributed by atoms with Crippen molar-refractivity contribution in [1.82, 2.24) is 14.9 Å². The van der Waals surface area contributed by atoms with Gasteiger partial charge in [-0.25, -0.2) is 4.98 Å². The molecule has 0 radical (unpaired) electrons. The molecule has 3 rings (SSSR count). The van der Waals surface area contributed by atoms with E-state index in [4.69, 9.17) is 22.6 Å². The first kappa shape index (κ1) is 15.5. The monoisotopic (exact) mass is 328 g/mol. The zero-order valence-electron chi connectivity index (χ0n) is 12.6. The average Bonchev–Trinajstić information content (AvgIpc) is 2.55. The number of hydrogen-bond donors (Lipinski definition) is 1.